The van der Waals surface area contributed by atoms with Gasteiger partial charge in [-0.1, -0.05) is 0 Å². The van der Waals surface area contributed by atoms with Gasteiger partial charge in [-0.2, -0.15) is 5.26 Å². The van der Waals surface area contributed by atoms with Crippen molar-refractivity contribution in [2.45, 2.75) is 39.5 Å². The summed E-state index contributed by atoms with van der Waals surface area (Å²) in [6.07, 6.45) is 5.79. The molecule has 0 fully saturated rings. The Kier molecular flexibility index (Phi) is 4.80. The van der Waals surface area contributed by atoms with E-state index in [1.165, 1.54) is 22.9 Å². The number of nitrogens with zero attached hydrogens (tertiary/aromatic N) is 1. The highest BCUT2D eigenvalue weighted by Gasteiger charge is 2.20. The predicted octanol–water partition coefficient (Wildman–Crippen LogP) is 3.38. The zero-order valence-corrected chi connectivity index (χ0v) is 12.6. The Labute approximate surface area is 123 Å². The van der Waals surface area contributed by atoms with Crippen LogP contribution in [0, 0.1) is 11.3 Å². The number of esters is 1. The summed E-state index contributed by atoms with van der Waals surface area (Å²) in [4.78, 5) is 12.7. The van der Waals surface area contributed by atoms with Crippen molar-refractivity contribution in [2.24, 2.45) is 0 Å². The smallest absolute Gasteiger partial charge is 0.332 e. The lowest BCUT2D eigenvalue weighted by Gasteiger charge is -2.09. The Bertz CT molecular complexity index is 581. The Morgan fingerprint density at radius 2 is 2.25 bits per heavy atom. The van der Waals surface area contributed by atoms with Crippen molar-refractivity contribution in [2.75, 3.05) is 11.9 Å². The lowest BCUT2D eigenvalue weighted by atomic mass is 9.96. The molecule has 0 unspecified atom stereocenters. The SMILES string of the molecule is CCOC(=O)/C=C(\C)Nc1sc2c(c1C#N)CCCC2. The molecular weight excluding hydrogens is 272 g/mol. The first-order chi connectivity index (χ1) is 9.65. The topological polar surface area (TPSA) is 62.1 Å². The summed E-state index contributed by atoms with van der Waals surface area (Å²) in [7, 11) is 0. The number of nitriles is 1. The number of carbonyl (C=O) groups excluding carboxylic acids is 1. The molecule has 0 saturated carbocycles. The summed E-state index contributed by atoms with van der Waals surface area (Å²) in [5.74, 6) is -0.364. The molecule has 0 radical (unpaired) electrons. The molecular formula is C15H18N2O2S. The number of allylic oxidation sites excluding steroid dienone is 1. The van der Waals surface area contributed by atoms with E-state index >= 15 is 0 Å². The number of hydrogen-bond donors (Lipinski definition) is 1. The Hall–Kier alpha value is -1.80. The molecule has 4 nitrogen and oxygen atoms in total. The first-order valence-electron chi connectivity index (χ1n) is 6.82. The monoisotopic (exact) mass is 290 g/mol. The second kappa shape index (κ2) is 6.58. The minimum absolute atomic E-state index is 0.360. The van der Waals surface area contributed by atoms with Crippen LogP contribution in [0.2, 0.25) is 0 Å². The maximum atomic E-state index is 11.4. The predicted molar refractivity (Wildman–Crippen MR) is 79.7 cm³/mol. The van der Waals surface area contributed by atoms with Gasteiger partial charge >= 0.3 is 5.97 Å². The van der Waals surface area contributed by atoms with Crippen LogP contribution in [-0.4, -0.2) is 12.6 Å². The van der Waals surface area contributed by atoms with E-state index in [2.05, 4.69) is 11.4 Å². The van der Waals surface area contributed by atoms with E-state index < -0.39 is 0 Å². The molecule has 1 aromatic heterocycles. The van der Waals surface area contributed by atoms with Crippen molar-refractivity contribution in [1.82, 2.24) is 0 Å². The molecule has 0 aromatic carbocycles. The number of thiophene rings is 1. The molecule has 0 spiro atoms. The van der Waals surface area contributed by atoms with Crippen LogP contribution >= 0.6 is 11.3 Å². The van der Waals surface area contributed by atoms with E-state index in [0.29, 0.717) is 12.3 Å². The number of ether oxygens (including phenoxy) is 1. The van der Waals surface area contributed by atoms with Gasteiger partial charge in [-0.25, -0.2) is 4.79 Å². The third-order valence-electron chi connectivity index (χ3n) is 3.21. The molecule has 106 valence electrons. The van der Waals surface area contributed by atoms with Crippen molar-refractivity contribution in [3.63, 3.8) is 0 Å². The van der Waals surface area contributed by atoms with Crippen LogP contribution in [0.4, 0.5) is 5.00 Å². The average Bonchev–Trinajstić information content (AvgIpc) is 2.75. The van der Waals surface area contributed by atoms with Crippen LogP contribution in [0.3, 0.4) is 0 Å². The summed E-state index contributed by atoms with van der Waals surface area (Å²) in [6, 6.07) is 2.29. The Morgan fingerprint density at radius 3 is 2.95 bits per heavy atom. The van der Waals surface area contributed by atoms with E-state index in [1.54, 1.807) is 25.2 Å². The zero-order valence-electron chi connectivity index (χ0n) is 11.8. The highest BCUT2D eigenvalue weighted by molar-refractivity contribution is 7.16. The van der Waals surface area contributed by atoms with Crippen LogP contribution in [-0.2, 0) is 22.4 Å². The lowest BCUT2D eigenvalue weighted by molar-refractivity contribution is -0.137. The van der Waals surface area contributed by atoms with Crippen molar-refractivity contribution in [3.8, 4) is 6.07 Å². The normalized spacial score (nSPS) is 14.3. The molecule has 1 aliphatic carbocycles. The molecule has 1 aliphatic rings. The van der Waals surface area contributed by atoms with E-state index in [4.69, 9.17) is 4.74 Å². The van der Waals surface area contributed by atoms with Crippen molar-refractivity contribution in [3.05, 3.63) is 27.8 Å². The molecule has 1 N–H and O–H groups in total. The largest absolute Gasteiger partial charge is 0.463 e. The molecule has 1 heterocycles. The van der Waals surface area contributed by atoms with E-state index in [-0.39, 0.29) is 5.97 Å². The van der Waals surface area contributed by atoms with E-state index in [0.717, 1.165) is 29.8 Å². The lowest BCUT2D eigenvalue weighted by Crippen LogP contribution is -2.04. The summed E-state index contributed by atoms with van der Waals surface area (Å²) < 4.78 is 4.87. The summed E-state index contributed by atoms with van der Waals surface area (Å²) >= 11 is 1.63. The number of aryl methyl sites for hydroxylation is 1. The van der Waals surface area contributed by atoms with Crippen LogP contribution in [0.5, 0.6) is 0 Å². The Morgan fingerprint density at radius 1 is 1.50 bits per heavy atom. The van der Waals surface area contributed by atoms with Crippen molar-refractivity contribution >= 4 is 22.3 Å². The molecule has 0 aliphatic heterocycles. The maximum Gasteiger partial charge on any atom is 0.332 e. The quantitative estimate of drug-likeness (QED) is 0.682. The molecule has 20 heavy (non-hydrogen) atoms. The minimum atomic E-state index is -0.364. The molecule has 0 saturated heterocycles. The number of anilines is 1. The summed E-state index contributed by atoms with van der Waals surface area (Å²) in [5.41, 5.74) is 2.62. The van der Waals surface area contributed by atoms with Crippen molar-refractivity contribution in [1.29, 1.82) is 5.26 Å². The molecule has 0 amide bonds. The van der Waals surface area contributed by atoms with Gasteiger partial charge in [-0.3, -0.25) is 0 Å². The minimum Gasteiger partial charge on any atom is -0.463 e. The van der Waals surface area contributed by atoms with Gasteiger partial charge in [0.25, 0.3) is 0 Å². The Balaban J connectivity index is 2.19. The number of carbonyl (C=O) groups is 1. The van der Waals surface area contributed by atoms with Gasteiger partial charge in [0, 0.05) is 16.7 Å². The number of fused-ring (bicyclic) bond motifs is 1. The molecule has 2 rings (SSSR count). The fourth-order valence-electron chi connectivity index (χ4n) is 2.35. The fourth-order valence-corrected chi connectivity index (χ4v) is 3.65. The third kappa shape index (κ3) is 3.20. The standard InChI is InChI=1S/C15H18N2O2S/c1-3-19-14(18)8-10(2)17-15-12(9-16)11-6-4-5-7-13(11)20-15/h8,17H,3-7H2,1-2H3/b10-8+. The number of nitrogens with one attached hydrogen (secondary N) is 1. The molecule has 0 atom stereocenters. The van der Waals surface area contributed by atoms with Gasteiger partial charge in [0.15, 0.2) is 0 Å². The second-order valence-electron chi connectivity index (χ2n) is 4.73. The highest BCUT2D eigenvalue weighted by Crippen LogP contribution is 2.38. The first kappa shape index (κ1) is 14.6. The van der Waals surface area contributed by atoms with Gasteiger partial charge in [0.2, 0.25) is 0 Å². The van der Waals surface area contributed by atoms with Crippen LogP contribution < -0.4 is 5.32 Å². The fraction of sp³-hybridized carbons (Fsp3) is 0.467. The van der Waals surface area contributed by atoms with Gasteiger partial charge in [0.1, 0.15) is 11.1 Å². The number of hydrogen-bond acceptors (Lipinski definition) is 5. The van der Waals surface area contributed by atoms with E-state index in [1.807, 2.05) is 0 Å². The first-order valence-corrected chi connectivity index (χ1v) is 7.64. The second-order valence-corrected chi connectivity index (χ2v) is 5.84. The van der Waals surface area contributed by atoms with Gasteiger partial charge in [-0.15, -0.1) is 11.3 Å². The zero-order chi connectivity index (χ0) is 14.5. The average molecular weight is 290 g/mol. The van der Waals surface area contributed by atoms with Gasteiger partial charge < -0.3 is 10.1 Å². The third-order valence-corrected chi connectivity index (χ3v) is 4.42. The highest BCUT2D eigenvalue weighted by atomic mass is 32.1. The summed E-state index contributed by atoms with van der Waals surface area (Å²) in [6.45, 7) is 3.94. The van der Waals surface area contributed by atoms with Crippen molar-refractivity contribution < 1.29 is 9.53 Å². The molecule has 5 heteroatoms. The molecule has 1 aromatic rings. The van der Waals surface area contributed by atoms with Crippen LogP contribution in [0.1, 0.15) is 42.7 Å². The van der Waals surface area contributed by atoms with Crippen LogP contribution in [0.15, 0.2) is 11.8 Å². The van der Waals surface area contributed by atoms with E-state index in [9.17, 15) is 10.1 Å². The maximum absolute atomic E-state index is 11.4. The number of rotatable bonds is 4. The van der Waals surface area contributed by atoms with Gasteiger partial charge in [0.05, 0.1) is 12.2 Å². The van der Waals surface area contributed by atoms with Crippen LogP contribution in [0.25, 0.3) is 0 Å². The summed E-state index contributed by atoms with van der Waals surface area (Å²) in [5, 5.41) is 13.4. The van der Waals surface area contributed by atoms with Gasteiger partial charge in [-0.05, 0) is 45.1 Å². The molecule has 0 bridgehead atoms.